The van der Waals surface area contributed by atoms with Crippen molar-refractivity contribution in [3.63, 3.8) is 0 Å². The van der Waals surface area contributed by atoms with Crippen molar-refractivity contribution in [2.75, 3.05) is 6.54 Å². The smallest absolute Gasteiger partial charge is 0.236 e. The Kier molecular flexibility index (Phi) is 5.78. The van der Waals surface area contributed by atoms with Gasteiger partial charge in [0.05, 0.1) is 11.7 Å². The van der Waals surface area contributed by atoms with Gasteiger partial charge in [-0.15, -0.1) is 0 Å². The Balaban J connectivity index is 2.36. The molecule has 0 fully saturated rings. The van der Waals surface area contributed by atoms with Gasteiger partial charge in [-0.3, -0.25) is 9.78 Å². The van der Waals surface area contributed by atoms with Gasteiger partial charge in [-0.05, 0) is 31.9 Å². The molecule has 1 rings (SSSR count). The Labute approximate surface area is 109 Å². The van der Waals surface area contributed by atoms with Crippen LogP contribution in [0.15, 0.2) is 18.2 Å². The van der Waals surface area contributed by atoms with Gasteiger partial charge in [0.15, 0.2) is 0 Å². The van der Waals surface area contributed by atoms with Gasteiger partial charge in [-0.1, -0.05) is 19.9 Å². The minimum Gasteiger partial charge on any atom is -0.354 e. The number of aromatic nitrogens is 1. The van der Waals surface area contributed by atoms with E-state index in [1.54, 1.807) is 0 Å². The molecule has 0 aromatic carbocycles. The van der Waals surface area contributed by atoms with Crippen LogP contribution in [0.5, 0.6) is 0 Å². The Bertz CT molecular complexity index is 390. The van der Waals surface area contributed by atoms with Gasteiger partial charge < -0.3 is 10.6 Å². The van der Waals surface area contributed by atoms with E-state index in [4.69, 9.17) is 0 Å². The highest BCUT2D eigenvalue weighted by atomic mass is 16.2. The zero-order valence-corrected chi connectivity index (χ0v) is 11.7. The maximum Gasteiger partial charge on any atom is 0.236 e. The molecule has 2 N–H and O–H groups in total. The first-order chi connectivity index (χ1) is 8.49. The van der Waals surface area contributed by atoms with Gasteiger partial charge in [-0.25, -0.2) is 0 Å². The van der Waals surface area contributed by atoms with Crippen LogP contribution < -0.4 is 10.6 Å². The second kappa shape index (κ2) is 7.11. The maximum absolute atomic E-state index is 11.7. The molecule has 0 radical (unpaired) electrons. The number of hydrogen-bond acceptors (Lipinski definition) is 3. The third-order valence-electron chi connectivity index (χ3n) is 2.61. The maximum atomic E-state index is 11.7. The fourth-order valence-corrected chi connectivity index (χ4v) is 1.51. The first-order valence-electron chi connectivity index (χ1n) is 6.42. The van der Waals surface area contributed by atoms with Crippen LogP contribution in [-0.4, -0.2) is 23.5 Å². The van der Waals surface area contributed by atoms with Crippen molar-refractivity contribution in [3.8, 4) is 0 Å². The molecule has 1 aromatic rings. The summed E-state index contributed by atoms with van der Waals surface area (Å²) in [4.78, 5) is 16.1. The average molecular weight is 249 g/mol. The molecule has 0 saturated carbocycles. The molecule has 0 bridgehead atoms. The van der Waals surface area contributed by atoms with Crippen molar-refractivity contribution < 1.29 is 4.79 Å². The number of hydrogen-bond donors (Lipinski definition) is 2. The zero-order valence-electron chi connectivity index (χ0n) is 11.7. The second-order valence-corrected chi connectivity index (χ2v) is 5.01. The molecule has 4 heteroatoms. The van der Waals surface area contributed by atoms with E-state index in [1.165, 1.54) is 0 Å². The molecule has 0 aliphatic heterocycles. The molecule has 0 aliphatic rings. The number of carbonyl (C=O) groups is 1. The fraction of sp³-hybridized carbons (Fsp3) is 0.571. The van der Waals surface area contributed by atoms with Crippen molar-refractivity contribution in [1.82, 2.24) is 15.6 Å². The van der Waals surface area contributed by atoms with Gasteiger partial charge in [0, 0.05) is 18.8 Å². The molecule has 1 aromatic heterocycles. The number of aryl methyl sites for hydroxylation is 1. The first kappa shape index (κ1) is 14.6. The predicted molar refractivity (Wildman–Crippen MR) is 73.1 cm³/mol. The summed E-state index contributed by atoms with van der Waals surface area (Å²) in [5.74, 6) is 0.510. The van der Waals surface area contributed by atoms with Crippen LogP contribution in [0.25, 0.3) is 0 Å². The predicted octanol–water partition coefficient (Wildman–Crippen LogP) is 1.64. The SMILES string of the molecule is Cc1cccc(CNC(C)C(=O)NCC(C)C)n1. The summed E-state index contributed by atoms with van der Waals surface area (Å²) in [6.45, 7) is 9.31. The van der Waals surface area contributed by atoms with E-state index >= 15 is 0 Å². The van der Waals surface area contributed by atoms with E-state index in [0.29, 0.717) is 19.0 Å². The van der Waals surface area contributed by atoms with E-state index in [2.05, 4.69) is 29.5 Å². The van der Waals surface area contributed by atoms with Crippen molar-refractivity contribution in [2.45, 2.75) is 40.3 Å². The molecule has 1 unspecified atom stereocenters. The quantitative estimate of drug-likeness (QED) is 0.806. The van der Waals surface area contributed by atoms with Gasteiger partial charge >= 0.3 is 0 Å². The molecule has 0 spiro atoms. The van der Waals surface area contributed by atoms with Crippen LogP contribution in [0.1, 0.15) is 32.2 Å². The summed E-state index contributed by atoms with van der Waals surface area (Å²) in [6.07, 6.45) is 0. The third kappa shape index (κ3) is 5.27. The molecule has 1 heterocycles. The van der Waals surface area contributed by atoms with Crippen LogP contribution in [0, 0.1) is 12.8 Å². The van der Waals surface area contributed by atoms with Crippen LogP contribution in [-0.2, 0) is 11.3 Å². The molecule has 1 atom stereocenters. The Morgan fingerprint density at radius 2 is 2.06 bits per heavy atom. The number of rotatable bonds is 6. The minimum atomic E-state index is -0.203. The van der Waals surface area contributed by atoms with Gasteiger partial charge in [0.1, 0.15) is 0 Å². The molecule has 4 nitrogen and oxygen atoms in total. The summed E-state index contributed by atoms with van der Waals surface area (Å²) in [6, 6.07) is 5.69. The largest absolute Gasteiger partial charge is 0.354 e. The van der Waals surface area contributed by atoms with E-state index in [0.717, 1.165) is 11.4 Å². The molecule has 100 valence electrons. The van der Waals surface area contributed by atoms with E-state index in [9.17, 15) is 4.79 Å². The van der Waals surface area contributed by atoms with Gasteiger partial charge in [0.2, 0.25) is 5.91 Å². The van der Waals surface area contributed by atoms with Crippen molar-refractivity contribution in [1.29, 1.82) is 0 Å². The van der Waals surface area contributed by atoms with Crippen LogP contribution in [0.3, 0.4) is 0 Å². The molecular weight excluding hydrogens is 226 g/mol. The average Bonchev–Trinajstić information content (AvgIpc) is 2.33. The van der Waals surface area contributed by atoms with Crippen molar-refractivity contribution >= 4 is 5.91 Å². The van der Waals surface area contributed by atoms with Crippen LogP contribution in [0.2, 0.25) is 0 Å². The van der Waals surface area contributed by atoms with E-state index in [-0.39, 0.29) is 11.9 Å². The standard InChI is InChI=1S/C14H23N3O/c1-10(2)8-16-14(18)12(4)15-9-13-7-5-6-11(3)17-13/h5-7,10,12,15H,8-9H2,1-4H3,(H,16,18). The summed E-state index contributed by atoms with van der Waals surface area (Å²) < 4.78 is 0. The zero-order chi connectivity index (χ0) is 13.5. The topological polar surface area (TPSA) is 54.0 Å². The summed E-state index contributed by atoms with van der Waals surface area (Å²) in [5, 5.41) is 6.08. The van der Waals surface area contributed by atoms with Crippen LogP contribution >= 0.6 is 0 Å². The molecular formula is C14H23N3O. The first-order valence-corrected chi connectivity index (χ1v) is 6.42. The summed E-state index contributed by atoms with van der Waals surface area (Å²) in [5.41, 5.74) is 1.95. The van der Waals surface area contributed by atoms with Gasteiger partial charge in [-0.2, -0.15) is 0 Å². The van der Waals surface area contributed by atoms with Crippen LogP contribution in [0.4, 0.5) is 0 Å². The molecule has 18 heavy (non-hydrogen) atoms. The molecule has 1 amide bonds. The second-order valence-electron chi connectivity index (χ2n) is 5.01. The lowest BCUT2D eigenvalue weighted by Crippen LogP contribution is -2.43. The molecule has 0 saturated heterocycles. The number of nitrogens with zero attached hydrogens (tertiary/aromatic N) is 1. The number of carbonyl (C=O) groups excluding carboxylic acids is 1. The van der Waals surface area contributed by atoms with E-state index < -0.39 is 0 Å². The summed E-state index contributed by atoms with van der Waals surface area (Å²) in [7, 11) is 0. The number of pyridine rings is 1. The monoisotopic (exact) mass is 249 g/mol. The number of nitrogens with one attached hydrogen (secondary N) is 2. The van der Waals surface area contributed by atoms with Crippen molar-refractivity contribution in [3.05, 3.63) is 29.6 Å². The lowest BCUT2D eigenvalue weighted by Gasteiger charge is -2.15. The summed E-state index contributed by atoms with van der Waals surface area (Å²) >= 11 is 0. The van der Waals surface area contributed by atoms with Crippen molar-refractivity contribution in [2.24, 2.45) is 5.92 Å². The van der Waals surface area contributed by atoms with Gasteiger partial charge in [0.25, 0.3) is 0 Å². The lowest BCUT2D eigenvalue weighted by molar-refractivity contribution is -0.122. The number of amides is 1. The Morgan fingerprint density at radius 1 is 1.33 bits per heavy atom. The highest BCUT2D eigenvalue weighted by Crippen LogP contribution is 1.98. The highest BCUT2D eigenvalue weighted by molar-refractivity contribution is 5.81. The Hall–Kier alpha value is -1.42. The Morgan fingerprint density at radius 3 is 2.67 bits per heavy atom. The lowest BCUT2D eigenvalue weighted by atomic mass is 10.2. The normalized spacial score (nSPS) is 12.5. The molecule has 0 aliphatic carbocycles. The highest BCUT2D eigenvalue weighted by Gasteiger charge is 2.12. The third-order valence-corrected chi connectivity index (χ3v) is 2.61. The minimum absolute atomic E-state index is 0.0383. The van der Waals surface area contributed by atoms with E-state index in [1.807, 2.05) is 32.0 Å². The fourth-order valence-electron chi connectivity index (χ4n) is 1.51.